The summed E-state index contributed by atoms with van der Waals surface area (Å²) < 4.78 is 7.95. The van der Waals surface area contributed by atoms with Crippen molar-refractivity contribution in [2.45, 2.75) is 32.1 Å². The highest BCUT2D eigenvalue weighted by molar-refractivity contribution is 6.48. The maximum atomic E-state index is 10.7. The van der Waals surface area contributed by atoms with Gasteiger partial charge in [-0.1, -0.05) is 127 Å². The lowest BCUT2D eigenvalue weighted by atomic mass is 9.67. The van der Waals surface area contributed by atoms with E-state index in [0.29, 0.717) is 29.7 Å². The first-order valence-electron chi connectivity index (χ1n) is 16.3. The molecule has 0 saturated carbocycles. The van der Waals surface area contributed by atoms with Crippen molar-refractivity contribution >= 4 is 40.6 Å². The minimum atomic E-state index is -2.23. The average Bonchev–Trinajstić information content (AvgIpc) is 3.14. The summed E-state index contributed by atoms with van der Waals surface area (Å²) in [6.07, 6.45) is 4.94. The van der Waals surface area contributed by atoms with Crippen LogP contribution >= 0.6 is 23.2 Å². The molecule has 10 heteroatoms. The second kappa shape index (κ2) is 21.6. The maximum Gasteiger partial charge on any atom is 0.275 e. The number of rotatable bonds is 14. The number of nitrogens with zero attached hydrogens (tertiary/aromatic N) is 2. The molecule has 5 rings (SSSR count). The molecule has 0 spiro atoms. The molecule has 2 aromatic heterocycles. The van der Waals surface area contributed by atoms with Crippen LogP contribution in [0.2, 0.25) is 0 Å². The zero-order valence-electron chi connectivity index (χ0n) is 28.5. The van der Waals surface area contributed by atoms with Crippen LogP contribution in [0.5, 0.6) is 0 Å². The normalized spacial score (nSPS) is 10.4. The average molecular weight is 714 g/mol. The third-order valence-electron chi connectivity index (χ3n) is 7.49. The monoisotopic (exact) mass is 712 g/mol. The van der Waals surface area contributed by atoms with E-state index in [1.807, 2.05) is 105 Å². The molecule has 0 saturated heterocycles. The molecule has 0 aliphatic carbocycles. The van der Waals surface area contributed by atoms with Crippen molar-refractivity contribution in [2.75, 3.05) is 19.8 Å². The van der Waals surface area contributed by atoms with E-state index in [0.717, 1.165) is 17.8 Å². The molecule has 0 N–H and O–H groups in total. The zero-order chi connectivity index (χ0) is 36.2. The van der Waals surface area contributed by atoms with Crippen LogP contribution in [0.25, 0.3) is 10.1 Å². The minimum absolute atomic E-state index is 0.159. The molecule has 260 valence electrons. The molecule has 0 amide bonds. The Morgan fingerprint density at radius 2 is 0.980 bits per heavy atom. The number of benzene rings is 3. The highest BCUT2D eigenvalue weighted by Crippen LogP contribution is 2.42. The third-order valence-corrected chi connectivity index (χ3v) is 7.88. The van der Waals surface area contributed by atoms with Crippen molar-refractivity contribution < 1.29 is 33.8 Å². The summed E-state index contributed by atoms with van der Waals surface area (Å²) in [5.41, 5.74) is 4.73. The standard InChI is InChI=1S/C22H21BO3.2C9H11ClNO/c24-23(25)26-18-10-17-22(19-11-4-1-5-12-19,20-13-6-2-7-14-20)21-15-8-3-9-16-21;2*1-3-12-11-7-5-4-6-9(11)8(2)10/h1-9,11-16H,10,17-18H2;2*4-7H,2-3H2,1H3/q-2;2*+1. The van der Waals surface area contributed by atoms with E-state index < -0.39 is 7.32 Å². The molecule has 2 heterocycles. The van der Waals surface area contributed by atoms with E-state index in [-0.39, 0.29) is 12.0 Å². The van der Waals surface area contributed by atoms with Gasteiger partial charge < -0.3 is 14.7 Å². The van der Waals surface area contributed by atoms with Crippen LogP contribution in [0, 0.1) is 0 Å². The van der Waals surface area contributed by atoms with Gasteiger partial charge >= 0.3 is 0 Å². The van der Waals surface area contributed by atoms with Crippen LogP contribution in [0.4, 0.5) is 0 Å². The van der Waals surface area contributed by atoms with Gasteiger partial charge in [-0.15, -0.1) is 0 Å². The lowest BCUT2D eigenvalue weighted by Crippen LogP contribution is -2.48. The van der Waals surface area contributed by atoms with Crippen molar-refractivity contribution in [3.63, 3.8) is 0 Å². The molecular weight excluding hydrogens is 670 g/mol. The molecule has 0 unspecified atom stereocenters. The van der Waals surface area contributed by atoms with Crippen LogP contribution in [-0.2, 0) is 10.1 Å². The minimum Gasteiger partial charge on any atom is -0.871 e. The molecular formula is C40H43BCl2N2O5. The third kappa shape index (κ3) is 11.9. The van der Waals surface area contributed by atoms with Crippen LogP contribution in [0.15, 0.2) is 153 Å². The van der Waals surface area contributed by atoms with E-state index in [1.54, 1.807) is 21.9 Å². The molecule has 0 aliphatic heterocycles. The molecule has 0 radical (unpaired) electrons. The molecule has 7 nitrogen and oxygen atoms in total. The topological polar surface area (TPSA) is 81.6 Å². The van der Waals surface area contributed by atoms with E-state index in [1.165, 1.54) is 16.7 Å². The zero-order valence-corrected chi connectivity index (χ0v) is 30.0. The SMILES string of the molecule is C=C(Cl)c1cccc[n+]1OCC.C=C(Cl)c1cccc[n+]1OCC.[O-]B([O-])OCCCC(c1ccccc1)(c1ccccc1)c1ccccc1. The van der Waals surface area contributed by atoms with Gasteiger partial charge in [-0.05, 0) is 55.5 Å². The molecule has 3 aromatic carbocycles. The van der Waals surface area contributed by atoms with E-state index in [4.69, 9.17) is 37.5 Å². The fourth-order valence-corrected chi connectivity index (χ4v) is 5.69. The van der Waals surface area contributed by atoms with E-state index in [2.05, 4.69) is 49.6 Å². The summed E-state index contributed by atoms with van der Waals surface area (Å²) in [5.74, 6) is 0. The van der Waals surface area contributed by atoms with Gasteiger partial charge in [0, 0.05) is 45.7 Å². The molecule has 0 aliphatic rings. The van der Waals surface area contributed by atoms with Gasteiger partial charge in [-0.3, -0.25) is 9.68 Å². The Morgan fingerprint density at radius 1 is 0.620 bits per heavy atom. The number of hydrogen-bond donors (Lipinski definition) is 0. The van der Waals surface area contributed by atoms with Gasteiger partial charge in [-0.25, -0.2) is 0 Å². The van der Waals surface area contributed by atoms with Crippen LogP contribution in [0.3, 0.4) is 0 Å². The summed E-state index contributed by atoms with van der Waals surface area (Å²) in [4.78, 5) is 10.5. The predicted molar refractivity (Wildman–Crippen MR) is 197 cm³/mol. The summed E-state index contributed by atoms with van der Waals surface area (Å²) >= 11 is 11.5. The van der Waals surface area contributed by atoms with Crippen molar-refractivity contribution in [1.29, 1.82) is 0 Å². The van der Waals surface area contributed by atoms with Crippen LogP contribution in [-0.4, -0.2) is 27.1 Å². The van der Waals surface area contributed by atoms with Crippen molar-refractivity contribution in [3.8, 4) is 0 Å². The molecule has 0 bridgehead atoms. The summed E-state index contributed by atoms with van der Waals surface area (Å²) in [5, 5.41) is 22.3. The number of halogens is 2. The Kier molecular flexibility index (Phi) is 17.3. The van der Waals surface area contributed by atoms with Gasteiger partial charge in [-0.2, -0.15) is 0 Å². The summed E-state index contributed by atoms with van der Waals surface area (Å²) in [7, 11) is -2.23. The molecule has 0 atom stereocenters. The van der Waals surface area contributed by atoms with Crippen molar-refractivity contribution in [3.05, 3.63) is 181 Å². The predicted octanol–water partition coefficient (Wildman–Crippen LogP) is 5.79. The molecule has 5 aromatic rings. The Balaban J connectivity index is 0.000000234. The highest BCUT2D eigenvalue weighted by atomic mass is 35.5. The molecule has 0 fully saturated rings. The second-order valence-electron chi connectivity index (χ2n) is 10.7. The largest absolute Gasteiger partial charge is 0.871 e. The Hall–Kier alpha value is -4.44. The summed E-state index contributed by atoms with van der Waals surface area (Å²) in [6, 6.07) is 42.3. The lowest BCUT2D eigenvalue weighted by molar-refractivity contribution is -0.892. The Labute approximate surface area is 306 Å². The number of aromatic nitrogens is 2. The van der Waals surface area contributed by atoms with Crippen LogP contribution < -0.4 is 29.2 Å². The Morgan fingerprint density at radius 3 is 1.30 bits per heavy atom. The fourth-order valence-electron chi connectivity index (χ4n) is 5.40. The smallest absolute Gasteiger partial charge is 0.275 e. The van der Waals surface area contributed by atoms with E-state index >= 15 is 0 Å². The second-order valence-corrected chi connectivity index (χ2v) is 11.6. The first kappa shape index (κ1) is 40.0. The van der Waals surface area contributed by atoms with Crippen molar-refractivity contribution in [2.24, 2.45) is 0 Å². The van der Waals surface area contributed by atoms with Gasteiger partial charge in [0.05, 0.1) is 7.32 Å². The lowest BCUT2D eigenvalue weighted by Gasteiger charge is -2.37. The van der Waals surface area contributed by atoms with Gasteiger partial charge in [0.25, 0.3) is 11.4 Å². The molecule has 50 heavy (non-hydrogen) atoms. The first-order valence-corrected chi connectivity index (χ1v) is 17.1. The number of hydrogen-bond acceptors (Lipinski definition) is 5. The fraction of sp³-hybridized carbons (Fsp3) is 0.200. The van der Waals surface area contributed by atoms with Gasteiger partial charge in [0.15, 0.2) is 13.2 Å². The van der Waals surface area contributed by atoms with Gasteiger partial charge in [0.2, 0.25) is 12.4 Å². The number of pyridine rings is 2. The quantitative estimate of drug-likeness (QED) is 0.0631. The first-order chi connectivity index (χ1) is 24.2. The summed E-state index contributed by atoms with van der Waals surface area (Å²) in [6.45, 7) is 12.5. The Bertz CT molecular complexity index is 1570. The van der Waals surface area contributed by atoms with Crippen molar-refractivity contribution in [1.82, 2.24) is 0 Å². The maximum absolute atomic E-state index is 10.7. The van der Waals surface area contributed by atoms with Gasteiger partial charge in [0.1, 0.15) is 10.1 Å². The van der Waals surface area contributed by atoms with Crippen LogP contribution in [0.1, 0.15) is 54.8 Å². The van der Waals surface area contributed by atoms with E-state index in [9.17, 15) is 10.0 Å². The highest BCUT2D eigenvalue weighted by Gasteiger charge is 2.35.